The number of halogens is 6. The highest BCUT2D eigenvalue weighted by Gasteiger charge is 2.54. The van der Waals surface area contributed by atoms with Gasteiger partial charge in [-0.1, -0.05) is 0 Å². The molecular weight excluding hydrogens is 596 g/mol. The average molecular weight is 634 g/mol. The molecule has 0 radical (unpaired) electrons. The SMILES string of the molecule is CCOC(=O)[C@]12CCCN(C(=O)Cc3ccn(C)n3)C[C@H]1CN(CCN(C)C)C2.O=C(O)C(F)(F)F.O=C(O)C(F)(F)F. The second-order valence-corrected chi connectivity index (χ2v) is 10.3. The molecule has 1 aromatic heterocycles. The molecule has 2 aliphatic rings. The van der Waals surface area contributed by atoms with Gasteiger partial charge < -0.3 is 29.6 Å². The summed E-state index contributed by atoms with van der Waals surface area (Å²) in [4.78, 5) is 50.2. The number of esters is 1. The van der Waals surface area contributed by atoms with E-state index in [1.54, 1.807) is 4.68 Å². The minimum atomic E-state index is -5.08. The average Bonchev–Trinajstić information content (AvgIpc) is 3.39. The lowest BCUT2D eigenvalue weighted by Crippen LogP contribution is -2.44. The molecule has 2 N–H and O–H groups in total. The standard InChI is InChI=1S/C21H35N5O3.2C2HF3O2/c1-5-29-20(28)21-8-6-9-26(19(27)13-18-7-10-24(4)22-18)15-17(21)14-25(16-21)12-11-23(2)3;2*3-2(4,5)1(6)7/h7,10,17H,5-6,8-9,11-16H2,1-4H3;2*(H,6,7)/t17-,21+;;/m1../s1. The van der Waals surface area contributed by atoms with Gasteiger partial charge in [0.05, 0.1) is 24.1 Å². The minimum absolute atomic E-state index is 0.0867. The number of hydrogen-bond acceptors (Lipinski definition) is 8. The van der Waals surface area contributed by atoms with Crippen LogP contribution in [0.5, 0.6) is 0 Å². The number of ether oxygens (including phenoxy) is 1. The van der Waals surface area contributed by atoms with Crippen LogP contribution >= 0.6 is 0 Å². The molecule has 18 heteroatoms. The summed E-state index contributed by atoms with van der Waals surface area (Å²) in [5.41, 5.74) is 0.292. The van der Waals surface area contributed by atoms with E-state index in [0.717, 1.165) is 44.7 Å². The Kier molecular flexibility index (Phi) is 13.9. The summed E-state index contributed by atoms with van der Waals surface area (Å²) in [6.07, 6.45) is -6.39. The van der Waals surface area contributed by atoms with E-state index in [4.69, 9.17) is 24.5 Å². The fourth-order valence-electron chi connectivity index (χ4n) is 4.71. The van der Waals surface area contributed by atoms with Crippen LogP contribution in [0.4, 0.5) is 26.3 Å². The van der Waals surface area contributed by atoms with Crippen LogP contribution in [0.1, 0.15) is 25.5 Å². The number of alkyl halides is 6. The van der Waals surface area contributed by atoms with Crippen molar-refractivity contribution in [3.63, 3.8) is 0 Å². The second kappa shape index (κ2) is 15.9. The van der Waals surface area contributed by atoms with Crippen molar-refractivity contribution in [1.29, 1.82) is 0 Å². The van der Waals surface area contributed by atoms with Crippen molar-refractivity contribution in [1.82, 2.24) is 24.5 Å². The van der Waals surface area contributed by atoms with Crippen molar-refractivity contribution in [3.8, 4) is 0 Å². The van der Waals surface area contributed by atoms with Crippen LogP contribution in [0.3, 0.4) is 0 Å². The summed E-state index contributed by atoms with van der Waals surface area (Å²) in [5.74, 6) is -5.40. The molecule has 43 heavy (non-hydrogen) atoms. The Morgan fingerprint density at radius 2 is 1.63 bits per heavy atom. The van der Waals surface area contributed by atoms with E-state index in [0.29, 0.717) is 26.1 Å². The first-order valence-electron chi connectivity index (χ1n) is 13.1. The summed E-state index contributed by atoms with van der Waals surface area (Å²) in [7, 11) is 5.98. The number of likely N-dealkylation sites (tertiary alicyclic amines) is 2. The number of carboxylic acids is 2. The van der Waals surface area contributed by atoms with Gasteiger partial charge in [-0.05, 0) is 39.9 Å². The Morgan fingerprint density at radius 1 is 1.07 bits per heavy atom. The van der Waals surface area contributed by atoms with E-state index < -0.39 is 29.7 Å². The third kappa shape index (κ3) is 12.0. The van der Waals surface area contributed by atoms with E-state index >= 15 is 0 Å². The lowest BCUT2D eigenvalue weighted by Gasteiger charge is -2.31. The van der Waals surface area contributed by atoms with Crippen LogP contribution in [0, 0.1) is 11.3 Å². The molecule has 1 amide bonds. The number of fused-ring (bicyclic) bond motifs is 1. The van der Waals surface area contributed by atoms with Gasteiger partial charge >= 0.3 is 30.3 Å². The van der Waals surface area contributed by atoms with Gasteiger partial charge in [0, 0.05) is 58.4 Å². The molecule has 0 unspecified atom stereocenters. The number of amides is 1. The molecule has 2 fully saturated rings. The zero-order valence-electron chi connectivity index (χ0n) is 24.2. The van der Waals surface area contributed by atoms with Crippen molar-refractivity contribution < 1.29 is 60.5 Å². The topological polar surface area (TPSA) is 146 Å². The number of carbonyl (C=O) groups is 4. The van der Waals surface area contributed by atoms with Gasteiger partial charge in [-0.2, -0.15) is 31.4 Å². The van der Waals surface area contributed by atoms with Crippen LogP contribution in [-0.4, -0.2) is 131 Å². The number of carboxylic acid groups (broad SMARTS) is 2. The maximum Gasteiger partial charge on any atom is 0.490 e. The molecule has 1 aromatic rings. The van der Waals surface area contributed by atoms with Crippen molar-refractivity contribution in [2.24, 2.45) is 18.4 Å². The summed E-state index contributed by atoms with van der Waals surface area (Å²) in [6, 6.07) is 1.89. The maximum absolute atomic E-state index is 13.0. The maximum atomic E-state index is 13.0. The molecule has 3 heterocycles. The quantitative estimate of drug-likeness (QED) is 0.337. The number of nitrogens with zero attached hydrogens (tertiary/aromatic N) is 5. The number of aromatic nitrogens is 2. The van der Waals surface area contributed by atoms with Gasteiger partial charge in [0.15, 0.2) is 0 Å². The predicted molar refractivity (Wildman–Crippen MR) is 138 cm³/mol. The van der Waals surface area contributed by atoms with Gasteiger partial charge in [-0.15, -0.1) is 0 Å². The van der Waals surface area contributed by atoms with E-state index in [1.807, 2.05) is 31.1 Å². The van der Waals surface area contributed by atoms with Crippen LogP contribution in [0.2, 0.25) is 0 Å². The predicted octanol–water partition coefficient (Wildman–Crippen LogP) is 1.89. The van der Waals surface area contributed by atoms with E-state index in [2.05, 4.69) is 29.0 Å². The number of hydrogen-bond donors (Lipinski definition) is 2. The lowest BCUT2D eigenvalue weighted by molar-refractivity contribution is -0.193. The molecule has 246 valence electrons. The summed E-state index contributed by atoms with van der Waals surface area (Å²) >= 11 is 0. The fourth-order valence-corrected chi connectivity index (χ4v) is 4.71. The van der Waals surface area contributed by atoms with Gasteiger partial charge in [-0.25, -0.2) is 9.59 Å². The lowest BCUT2D eigenvalue weighted by atomic mass is 9.75. The first kappa shape index (κ1) is 37.6. The molecule has 0 saturated carbocycles. The molecule has 2 saturated heterocycles. The molecule has 0 bridgehead atoms. The highest BCUT2D eigenvalue weighted by atomic mass is 19.4. The summed E-state index contributed by atoms with van der Waals surface area (Å²) < 4.78 is 70.7. The van der Waals surface area contributed by atoms with Crippen LogP contribution in [0.25, 0.3) is 0 Å². The summed E-state index contributed by atoms with van der Waals surface area (Å²) in [6.45, 7) is 7.01. The number of aryl methyl sites for hydroxylation is 1. The van der Waals surface area contributed by atoms with Crippen LogP contribution < -0.4 is 0 Å². The monoisotopic (exact) mass is 633 g/mol. The second-order valence-electron chi connectivity index (χ2n) is 10.3. The van der Waals surface area contributed by atoms with E-state index in [1.165, 1.54) is 0 Å². The number of rotatable bonds is 7. The highest BCUT2D eigenvalue weighted by Crippen LogP contribution is 2.43. The number of likely N-dealkylation sites (N-methyl/N-ethyl adjacent to an activating group) is 1. The fraction of sp³-hybridized carbons (Fsp3) is 0.720. The van der Waals surface area contributed by atoms with Crippen molar-refractivity contribution >= 4 is 23.8 Å². The summed E-state index contributed by atoms with van der Waals surface area (Å²) in [5, 5.41) is 18.6. The molecule has 2 atom stereocenters. The Labute approximate surface area is 244 Å². The third-order valence-electron chi connectivity index (χ3n) is 6.74. The minimum Gasteiger partial charge on any atom is -0.475 e. The van der Waals surface area contributed by atoms with Gasteiger partial charge in [0.2, 0.25) is 5.91 Å². The molecule has 0 aromatic carbocycles. The molecule has 3 rings (SSSR count). The van der Waals surface area contributed by atoms with Crippen molar-refractivity contribution in [2.45, 2.75) is 38.5 Å². The van der Waals surface area contributed by atoms with Crippen molar-refractivity contribution in [3.05, 3.63) is 18.0 Å². The van der Waals surface area contributed by atoms with E-state index in [9.17, 15) is 35.9 Å². The van der Waals surface area contributed by atoms with Crippen LogP contribution in [-0.2, 0) is 37.4 Å². The Morgan fingerprint density at radius 3 is 2.07 bits per heavy atom. The molecule has 0 spiro atoms. The third-order valence-corrected chi connectivity index (χ3v) is 6.74. The van der Waals surface area contributed by atoms with Crippen LogP contribution in [0.15, 0.2) is 12.3 Å². The Bertz CT molecular complexity index is 1070. The van der Waals surface area contributed by atoms with Crippen molar-refractivity contribution in [2.75, 3.05) is 60.0 Å². The molecule has 12 nitrogen and oxygen atoms in total. The van der Waals surface area contributed by atoms with Gasteiger partial charge in [-0.3, -0.25) is 14.3 Å². The molecule has 2 aliphatic heterocycles. The number of aliphatic carboxylic acids is 2. The highest BCUT2D eigenvalue weighted by molar-refractivity contribution is 5.80. The number of carbonyl (C=O) groups excluding carboxylic acids is 2. The van der Waals surface area contributed by atoms with Gasteiger partial charge in [0.1, 0.15) is 0 Å². The molecular formula is C25H37F6N5O7. The van der Waals surface area contributed by atoms with E-state index in [-0.39, 0.29) is 17.8 Å². The first-order chi connectivity index (χ1) is 19.7. The zero-order valence-corrected chi connectivity index (χ0v) is 24.2. The smallest absolute Gasteiger partial charge is 0.475 e. The normalized spacial score (nSPS) is 20.6. The van der Waals surface area contributed by atoms with Gasteiger partial charge in [0.25, 0.3) is 0 Å². The Balaban J connectivity index is 0.000000548. The Hall–Kier alpha value is -3.41. The zero-order chi connectivity index (χ0) is 33.2. The molecule has 0 aliphatic carbocycles. The first-order valence-corrected chi connectivity index (χ1v) is 13.1. The largest absolute Gasteiger partial charge is 0.490 e.